The Kier molecular flexibility index (Phi) is 7.41. The maximum Gasteiger partial charge on any atom is 0.224 e. The van der Waals surface area contributed by atoms with Crippen molar-refractivity contribution in [2.24, 2.45) is 17.8 Å². The van der Waals surface area contributed by atoms with E-state index in [1.807, 2.05) is 0 Å². The van der Waals surface area contributed by atoms with Crippen molar-refractivity contribution in [2.45, 2.75) is 63.8 Å². The van der Waals surface area contributed by atoms with Crippen LogP contribution in [0.25, 0.3) is 10.9 Å². The molecule has 2 aliphatic rings. The molecule has 1 heterocycles. The number of Topliss-reactive ketones (excluding diaryl/α,β-unsaturated/α-hetero) is 2. The summed E-state index contributed by atoms with van der Waals surface area (Å²) in [6.45, 7) is 0. The van der Waals surface area contributed by atoms with E-state index < -0.39 is 12.0 Å². The quantitative estimate of drug-likeness (QED) is 0.447. The zero-order valence-electron chi connectivity index (χ0n) is 18.3. The molecule has 2 saturated carbocycles. The number of benzene rings is 1. The molecule has 0 spiro atoms. The first-order valence-electron chi connectivity index (χ1n) is 11.6. The van der Waals surface area contributed by atoms with Crippen molar-refractivity contribution < 1.29 is 14.4 Å². The Morgan fingerprint density at radius 2 is 1.97 bits per heavy atom. The number of hydrogen-bond donors (Lipinski definition) is 2. The number of H-pyrrole nitrogens is 1. The van der Waals surface area contributed by atoms with Gasteiger partial charge in [0.05, 0.1) is 27.3 Å². The van der Waals surface area contributed by atoms with Gasteiger partial charge in [-0.2, -0.15) is 5.26 Å². The molecule has 0 bridgehead atoms. The number of rotatable bonds is 9. The summed E-state index contributed by atoms with van der Waals surface area (Å²) < 4.78 is 0. The van der Waals surface area contributed by atoms with E-state index in [-0.39, 0.29) is 29.8 Å². The van der Waals surface area contributed by atoms with Gasteiger partial charge in [0.1, 0.15) is 11.8 Å². The third-order valence-corrected chi connectivity index (χ3v) is 7.58. The topological polar surface area (TPSA) is 103 Å². The molecular weight excluding hydrogens is 461 g/mol. The van der Waals surface area contributed by atoms with Crippen LogP contribution in [0.2, 0.25) is 10.0 Å². The summed E-state index contributed by atoms with van der Waals surface area (Å²) in [5, 5.41) is 13.9. The Bertz CT molecular complexity index is 1120. The Morgan fingerprint density at radius 1 is 1.18 bits per heavy atom. The number of aromatic amines is 1. The highest BCUT2D eigenvalue weighted by molar-refractivity contribution is 6.45. The molecule has 8 heteroatoms. The average molecular weight is 488 g/mol. The van der Waals surface area contributed by atoms with Crippen LogP contribution in [0.3, 0.4) is 0 Å². The van der Waals surface area contributed by atoms with Crippen LogP contribution in [0.15, 0.2) is 18.2 Å². The SMILES string of the molecule is N#CC(CC1CCCCC1=O)NC(=O)C(CC(=O)c1cc2ccc(Cl)c(Cl)c2[nH]1)CC1CC1. The van der Waals surface area contributed by atoms with E-state index in [1.54, 1.807) is 18.2 Å². The van der Waals surface area contributed by atoms with E-state index in [4.69, 9.17) is 23.2 Å². The summed E-state index contributed by atoms with van der Waals surface area (Å²) in [6, 6.07) is 6.60. The second kappa shape index (κ2) is 10.3. The smallest absolute Gasteiger partial charge is 0.224 e. The lowest BCUT2D eigenvalue weighted by atomic mass is 9.83. The molecule has 0 aliphatic heterocycles. The van der Waals surface area contributed by atoms with Gasteiger partial charge < -0.3 is 10.3 Å². The second-order valence-electron chi connectivity index (χ2n) is 9.35. The normalized spacial score (nSPS) is 20.3. The molecule has 2 fully saturated rings. The monoisotopic (exact) mass is 487 g/mol. The first-order valence-corrected chi connectivity index (χ1v) is 12.3. The predicted molar refractivity (Wildman–Crippen MR) is 127 cm³/mol. The molecule has 33 heavy (non-hydrogen) atoms. The molecule has 4 rings (SSSR count). The van der Waals surface area contributed by atoms with Crippen LogP contribution in [0.4, 0.5) is 0 Å². The van der Waals surface area contributed by atoms with Crippen molar-refractivity contribution in [3.8, 4) is 6.07 Å². The summed E-state index contributed by atoms with van der Waals surface area (Å²) in [4.78, 5) is 41.3. The number of fused-ring (bicyclic) bond motifs is 1. The van der Waals surface area contributed by atoms with Crippen LogP contribution >= 0.6 is 23.2 Å². The molecule has 1 amide bonds. The van der Waals surface area contributed by atoms with Crippen LogP contribution < -0.4 is 5.32 Å². The highest BCUT2D eigenvalue weighted by Crippen LogP contribution is 2.37. The minimum absolute atomic E-state index is 0.0427. The third kappa shape index (κ3) is 5.77. The Labute approximate surface area is 203 Å². The molecule has 2 aliphatic carbocycles. The van der Waals surface area contributed by atoms with E-state index in [2.05, 4.69) is 16.4 Å². The van der Waals surface area contributed by atoms with Crippen LogP contribution in [0.1, 0.15) is 68.3 Å². The molecular formula is C25H27Cl2N3O3. The van der Waals surface area contributed by atoms with Gasteiger partial charge in [0.25, 0.3) is 0 Å². The summed E-state index contributed by atoms with van der Waals surface area (Å²) in [7, 11) is 0. The van der Waals surface area contributed by atoms with E-state index >= 15 is 0 Å². The maximum absolute atomic E-state index is 13.1. The number of carbonyl (C=O) groups is 3. The van der Waals surface area contributed by atoms with Crippen LogP contribution in [0.5, 0.6) is 0 Å². The maximum atomic E-state index is 13.1. The lowest BCUT2D eigenvalue weighted by Gasteiger charge is -2.24. The fraction of sp³-hybridized carbons (Fsp3) is 0.520. The van der Waals surface area contributed by atoms with Gasteiger partial charge in [0.2, 0.25) is 5.91 Å². The van der Waals surface area contributed by atoms with Gasteiger partial charge in [-0.15, -0.1) is 0 Å². The average Bonchev–Trinajstić information content (AvgIpc) is 3.51. The van der Waals surface area contributed by atoms with Gasteiger partial charge in [-0.3, -0.25) is 14.4 Å². The molecule has 0 radical (unpaired) electrons. The van der Waals surface area contributed by atoms with Gasteiger partial charge in [-0.1, -0.05) is 48.5 Å². The highest BCUT2D eigenvalue weighted by Gasteiger charge is 2.33. The van der Waals surface area contributed by atoms with Crippen LogP contribution in [0, 0.1) is 29.1 Å². The number of halogens is 2. The van der Waals surface area contributed by atoms with Crippen LogP contribution in [-0.2, 0) is 9.59 Å². The number of amides is 1. The molecule has 1 aromatic heterocycles. The number of nitriles is 1. The third-order valence-electron chi connectivity index (χ3n) is 6.78. The molecule has 1 aromatic carbocycles. The molecule has 0 saturated heterocycles. The van der Waals surface area contributed by atoms with E-state index in [0.29, 0.717) is 46.4 Å². The number of ketones is 2. The minimum Gasteiger partial charge on any atom is -0.351 e. The van der Waals surface area contributed by atoms with Gasteiger partial charge >= 0.3 is 0 Å². The number of aromatic nitrogens is 1. The fourth-order valence-electron chi connectivity index (χ4n) is 4.68. The summed E-state index contributed by atoms with van der Waals surface area (Å²) >= 11 is 12.3. The number of nitrogens with one attached hydrogen (secondary N) is 2. The molecule has 2 aromatic rings. The fourth-order valence-corrected chi connectivity index (χ4v) is 5.06. The van der Waals surface area contributed by atoms with Crippen molar-refractivity contribution in [1.82, 2.24) is 10.3 Å². The Hall–Kier alpha value is -2.36. The van der Waals surface area contributed by atoms with Crippen molar-refractivity contribution >= 4 is 51.6 Å². The second-order valence-corrected chi connectivity index (χ2v) is 10.1. The van der Waals surface area contributed by atoms with Crippen molar-refractivity contribution in [3.63, 3.8) is 0 Å². The molecule has 174 valence electrons. The minimum atomic E-state index is -0.727. The zero-order chi connectivity index (χ0) is 23.5. The number of nitrogens with zero attached hydrogens (tertiary/aromatic N) is 1. The molecule has 6 nitrogen and oxygen atoms in total. The summed E-state index contributed by atoms with van der Waals surface area (Å²) in [6.07, 6.45) is 6.29. The lowest BCUT2D eigenvalue weighted by Crippen LogP contribution is -2.41. The number of carbonyl (C=O) groups excluding carboxylic acids is 3. The standard InChI is InChI=1S/C25H27Cl2N3O3/c26-19-8-7-16-11-20(30-24(16)23(19)27)22(32)12-17(9-14-5-6-14)25(33)29-18(13-28)10-15-3-1-2-4-21(15)31/h7-8,11,14-15,17-18,30H,1-6,9-10,12H2,(H,29,33). The molecule has 2 N–H and O–H groups in total. The van der Waals surface area contributed by atoms with Crippen molar-refractivity contribution in [1.29, 1.82) is 5.26 Å². The highest BCUT2D eigenvalue weighted by atomic mass is 35.5. The van der Waals surface area contributed by atoms with E-state index in [1.165, 1.54) is 0 Å². The van der Waals surface area contributed by atoms with E-state index in [9.17, 15) is 19.6 Å². The Balaban J connectivity index is 1.44. The molecule has 3 unspecified atom stereocenters. The first kappa shape index (κ1) is 23.8. The van der Waals surface area contributed by atoms with E-state index in [0.717, 1.165) is 37.5 Å². The van der Waals surface area contributed by atoms with Crippen LogP contribution in [-0.4, -0.2) is 28.5 Å². The van der Waals surface area contributed by atoms with Crippen molar-refractivity contribution in [3.05, 3.63) is 33.9 Å². The van der Waals surface area contributed by atoms with Gasteiger partial charge in [-0.05, 0) is 43.7 Å². The first-order chi connectivity index (χ1) is 15.9. The van der Waals surface area contributed by atoms with Gasteiger partial charge in [0.15, 0.2) is 5.78 Å². The molecule has 3 atom stereocenters. The van der Waals surface area contributed by atoms with Crippen molar-refractivity contribution in [2.75, 3.05) is 0 Å². The predicted octanol–water partition coefficient (Wildman–Crippen LogP) is 5.62. The Morgan fingerprint density at radius 3 is 2.67 bits per heavy atom. The summed E-state index contributed by atoms with van der Waals surface area (Å²) in [5.41, 5.74) is 0.977. The lowest BCUT2D eigenvalue weighted by molar-refractivity contribution is -0.127. The van der Waals surface area contributed by atoms with Gasteiger partial charge in [-0.25, -0.2) is 0 Å². The summed E-state index contributed by atoms with van der Waals surface area (Å²) in [5.74, 6) is -0.552. The largest absolute Gasteiger partial charge is 0.351 e. The number of hydrogen-bond acceptors (Lipinski definition) is 4. The van der Waals surface area contributed by atoms with Gasteiger partial charge in [0, 0.05) is 30.1 Å². The zero-order valence-corrected chi connectivity index (χ0v) is 19.8.